The van der Waals surface area contributed by atoms with Crippen molar-refractivity contribution < 1.29 is 4.79 Å². The molecule has 5 nitrogen and oxygen atoms in total. The molecule has 0 aliphatic heterocycles. The smallest absolute Gasteiger partial charge is 0.237 e. The predicted octanol–water partition coefficient (Wildman–Crippen LogP) is 4.13. The third-order valence-electron chi connectivity index (χ3n) is 5.62. The first-order valence-electron chi connectivity index (χ1n) is 10.0. The van der Waals surface area contributed by atoms with E-state index >= 15 is 0 Å². The van der Waals surface area contributed by atoms with Gasteiger partial charge in [0, 0.05) is 30.6 Å². The van der Waals surface area contributed by atoms with Gasteiger partial charge in [0.05, 0.1) is 18.1 Å². The van der Waals surface area contributed by atoms with E-state index in [9.17, 15) is 4.79 Å². The molecule has 1 heterocycles. The van der Waals surface area contributed by atoms with Crippen LogP contribution in [0.4, 0.5) is 0 Å². The van der Waals surface area contributed by atoms with Crippen LogP contribution in [-0.2, 0) is 23.2 Å². The maximum Gasteiger partial charge on any atom is 0.237 e. The maximum atomic E-state index is 12.7. The number of nitrogens with two attached hydrogens (primary N) is 1. The van der Waals surface area contributed by atoms with Gasteiger partial charge in [-0.15, -0.1) is 24.8 Å². The molecule has 0 saturated heterocycles. The molecule has 0 radical (unpaired) electrons. The van der Waals surface area contributed by atoms with Crippen molar-refractivity contribution in [3.8, 4) is 0 Å². The molecule has 0 spiro atoms. The molecular weight excluding hydrogens is 431 g/mol. The summed E-state index contributed by atoms with van der Waals surface area (Å²) in [6.45, 7) is 7.03. The summed E-state index contributed by atoms with van der Waals surface area (Å²) in [5.74, 6) is -0.154. The average Bonchev–Trinajstić information content (AvgIpc) is 3.16. The minimum Gasteiger partial charge on any atom is -0.351 e. The summed E-state index contributed by atoms with van der Waals surface area (Å²) in [4.78, 5) is 17.1. The average molecular weight is 463 g/mol. The van der Waals surface area contributed by atoms with Crippen molar-refractivity contribution in [2.75, 3.05) is 0 Å². The van der Waals surface area contributed by atoms with E-state index in [1.165, 1.54) is 11.1 Å². The number of carbonyl (C=O) groups excluding carboxylic acids is 1. The molecule has 2 aromatic carbocycles. The highest BCUT2D eigenvalue weighted by atomic mass is 35.5. The van der Waals surface area contributed by atoms with Crippen molar-refractivity contribution in [1.82, 2.24) is 14.9 Å². The van der Waals surface area contributed by atoms with Gasteiger partial charge in [0.2, 0.25) is 5.91 Å². The summed E-state index contributed by atoms with van der Waals surface area (Å²) in [7, 11) is 0. The highest BCUT2D eigenvalue weighted by Crippen LogP contribution is 2.26. The Morgan fingerprint density at radius 2 is 1.65 bits per heavy atom. The van der Waals surface area contributed by atoms with Gasteiger partial charge in [-0.1, -0.05) is 74.5 Å². The van der Waals surface area contributed by atoms with Crippen LogP contribution in [0.15, 0.2) is 73.2 Å². The van der Waals surface area contributed by atoms with Crippen LogP contribution in [0.3, 0.4) is 0 Å². The molecule has 1 aromatic heterocycles. The van der Waals surface area contributed by atoms with Gasteiger partial charge in [0.15, 0.2) is 0 Å². The zero-order valence-electron chi connectivity index (χ0n) is 18.2. The summed E-state index contributed by atoms with van der Waals surface area (Å²) in [5.41, 5.74) is 9.18. The number of hydrogen-bond donors (Lipinski definition) is 2. The van der Waals surface area contributed by atoms with Gasteiger partial charge in [-0.05, 0) is 18.1 Å². The molecule has 2 atom stereocenters. The molecule has 0 fully saturated rings. The van der Waals surface area contributed by atoms with E-state index in [0.29, 0.717) is 6.42 Å². The second-order valence-corrected chi connectivity index (χ2v) is 8.15. The van der Waals surface area contributed by atoms with Gasteiger partial charge in [0.25, 0.3) is 0 Å². The van der Waals surface area contributed by atoms with Crippen molar-refractivity contribution in [2.24, 2.45) is 5.73 Å². The molecule has 1 amide bonds. The summed E-state index contributed by atoms with van der Waals surface area (Å²) < 4.78 is 2.01. The van der Waals surface area contributed by atoms with Gasteiger partial charge in [-0.2, -0.15) is 0 Å². The lowest BCUT2D eigenvalue weighted by molar-refractivity contribution is -0.123. The SMILES string of the molecule is CC(NC(=O)[C@@H](N)Cc1cn(Cc2ccccc2)cn1)C(C)(C)c1ccccc1.Cl.Cl. The number of aromatic nitrogens is 2. The van der Waals surface area contributed by atoms with Crippen LogP contribution in [0.2, 0.25) is 0 Å². The van der Waals surface area contributed by atoms with Crippen LogP contribution >= 0.6 is 24.8 Å². The Hall–Kier alpha value is -2.34. The number of rotatable bonds is 8. The summed E-state index contributed by atoms with van der Waals surface area (Å²) >= 11 is 0. The summed E-state index contributed by atoms with van der Waals surface area (Å²) in [5, 5.41) is 3.09. The highest BCUT2D eigenvalue weighted by Gasteiger charge is 2.30. The van der Waals surface area contributed by atoms with Crippen LogP contribution in [0.5, 0.6) is 0 Å². The molecule has 3 aromatic rings. The Morgan fingerprint density at radius 3 is 2.26 bits per heavy atom. The second kappa shape index (κ2) is 11.9. The summed E-state index contributed by atoms with van der Waals surface area (Å²) in [6.07, 6.45) is 4.15. The highest BCUT2D eigenvalue weighted by molar-refractivity contribution is 5.85. The molecule has 0 saturated carbocycles. The molecule has 31 heavy (non-hydrogen) atoms. The quantitative estimate of drug-likeness (QED) is 0.528. The fraction of sp³-hybridized carbons (Fsp3) is 0.333. The standard InChI is InChI=1S/C24H30N4O.2ClH/c1-18(24(2,3)20-12-8-5-9-13-20)27-23(29)22(25)14-21-16-28(17-26-21)15-19-10-6-4-7-11-19;;/h4-13,16-18,22H,14-15,25H2,1-3H3,(H,27,29);2*1H/t18?,22-;;/m0../s1. The third kappa shape index (κ3) is 7.10. The first-order valence-corrected chi connectivity index (χ1v) is 10.0. The van der Waals surface area contributed by atoms with Crippen molar-refractivity contribution in [3.63, 3.8) is 0 Å². The summed E-state index contributed by atoms with van der Waals surface area (Å²) in [6, 6.07) is 19.7. The first kappa shape index (κ1) is 26.7. The Balaban J connectivity index is 0.00000240. The first-order chi connectivity index (χ1) is 13.9. The minimum atomic E-state index is -0.635. The lowest BCUT2D eigenvalue weighted by atomic mass is 9.78. The number of nitrogens with one attached hydrogen (secondary N) is 1. The number of carbonyl (C=O) groups is 1. The Kier molecular flexibility index (Phi) is 10.2. The van der Waals surface area contributed by atoms with Crippen LogP contribution in [0, 0.1) is 0 Å². The van der Waals surface area contributed by atoms with Crippen LogP contribution in [0.25, 0.3) is 0 Å². The van der Waals surface area contributed by atoms with E-state index in [4.69, 9.17) is 5.73 Å². The topological polar surface area (TPSA) is 72.9 Å². The van der Waals surface area contributed by atoms with Gasteiger partial charge >= 0.3 is 0 Å². The maximum absolute atomic E-state index is 12.7. The van der Waals surface area contributed by atoms with Gasteiger partial charge in [-0.3, -0.25) is 4.79 Å². The Morgan fingerprint density at radius 1 is 1.06 bits per heavy atom. The zero-order valence-corrected chi connectivity index (χ0v) is 19.8. The molecule has 0 bridgehead atoms. The van der Waals surface area contributed by atoms with Gasteiger partial charge < -0.3 is 15.6 Å². The van der Waals surface area contributed by atoms with Gasteiger partial charge in [0.1, 0.15) is 0 Å². The number of nitrogens with zero attached hydrogens (tertiary/aromatic N) is 2. The van der Waals surface area contributed by atoms with Crippen molar-refractivity contribution in [3.05, 3.63) is 90.0 Å². The fourth-order valence-corrected chi connectivity index (χ4v) is 3.33. The number of benzene rings is 2. The molecule has 3 N–H and O–H groups in total. The van der Waals surface area contributed by atoms with Crippen molar-refractivity contribution >= 4 is 30.7 Å². The lowest BCUT2D eigenvalue weighted by Gasteiger charge is -2.33. The molecule has 168 valence electrons. The fourth-order valence-electron chi connectivity index (χ4n) is 3.33. The van der Waals surface area contributed by atoms with E-state index in [-0.39, 0.29) is 42.2 Å². The van der Waals surface area contributed by atoms with Crippen molar-refractivity contribution in [1.29, 1.82) is 0 Å². The molecule has 0 aliphatic carbocycles. The van der Waals surface area contributed by atoms with Crippen LogP contribution in [0.1, 0.15) is 37.6 Å². The predicted molar refractivity (Wildman–Crippen MR) is 131 cm³/mol. The molecule has 0 aliphatic rings. The zero-order chi connectivity index (χ0) is 20.9. The van der Waals surface area contributed by atoms with E-state index < -0.39 is 6.04 Å². The monoisotopic (exact) mass is 462 g/mol. The molecule has 7 heteroatoms. The number of amides is 1. The normalized spacial score (nSPS) is 12.8. The number of halogens is 2. The van der Waals surface area contributed by atoms with Gasteiger partial charge in [-0.25, -0.2) is 4.98 Å². The largest absolute Gasteiger partial charge is 0.351 e. The molecular formula is C24H32Cl2N4O. The Bertz CT molecular complexity index is 929. The lowest BCUT2D eigenvalue weighted by Crippen LogP contribution is -2.51. The number of hydrogen-bond acceptors (Lipinski definition) is 3. The Labute approximate surface area is 197 Å². The minimum absolute atomic E-state index is 0. The van der Waals surface area contributed by atoms with Crippen molar-refractivity contribution in [2.45, 2.75) is 51.2 Å². The van der Waals surface area contributed by atoms with Crippen LogP contribution in [-0.4, -0.2) is 27.5 Å². The third-order valence-corrected chi connectivity index (χ3v) is 5.62. The second-order valence-electron chi connectivity index (χ2n) is 8.15. The van der Waals surface area contributed by atoms with E-state index in [0.717, 1.165) is 12.2 Å². The number of imidazole rings is 1. The molecule has 3 rings (SSSR count). The van der Waals surface area contributed by atoms with E-state index in [1.54, 1.807) is 6.33 Å². The van der Waals surface area contributed by atoms with E-state index in [1.807, 2.05) is 54.1 Å². The molecule has 1 unspecified atom stereocenters. The van der Waals surface area contributed by atoms with Crippen LogP contribution < -0.4 is 11.1 Å². The van der Waals surface area contributed by atoms with E-state index in [2.05, 4.69) is 48.4 Å².